The lowest BCUT2D eigenvalue weighted by atomic mass is 10.2. The van der Waals surface area contributed by atoms with Crippen molar-refractivity contribution in [1.29, 1.82) is 0 Å². The van der Waals surface area contributed by atoms with Crippen molar-refractivity contribution in [3.05, 3.63) is 34.6 Å². The molecule has 0 unspecified atom stereocenters. The van der Waals surface area contributed by atoms with Crippen molar-refractivity contribution in [2.45, 2.75) is 0 Å². The van der Waals surface area contributed by atoms with Crippen molar-refractivity contribution in [3.63, 3.8) is 0 Å². The Hall–Kier alpha value is -2.32. The summed E-state index contributed by atoms with van der Waals surface area (Å²) in [7, 11) is 1.65. The number of nitro groups is 1. The summed E-state index contributed by atoms with van der Waals surface area (Å²) < 4.78 is 4.93. The Morgan fingerprint density at radius 1 is 1.29 bits per heavy atom. The topological polar surface area (TPSA) is 102 Å². The zero-order chi connectivity index (χ0) is 15.1. The van der Waals surface area contributed by atoms with Crippen molar-refractivity contribution in [2.75, 3.05) is 38.7 Å². The van der Waals surface area contributed by atoms with Crippen LogP contribution in [0, 0.1) is 10.1 Å². The molecule has 0 atom stereocenters. The van der Waals surface area contributed by atoms with E-state index >= 15 is 0 Å². The summed E-state index contributed by atoms with van der Waals surface area (Å²) >= 11 is 0. The summed E-state index contributed by atoms with van der Waals surface area (Å²) in [6.07, 6.45) is 1.44. The summed E-state index contributed by atoms with van der Waals surface area (Å²) in [6.45, 7) is 2.82. The minimum atomic E-state index is -0.428. The first-order valence-electron chi connectivity index (χ1n) is 6.55. The summed E-state index contributed by atoms with van der Waals surface area (Å²) in [6, 6.07) is 4.54. The van der Waals surface area contributed by atoms with Crippen molar-refractivity contribution < 1.29 is 9.66 Å². The van der Waals surface area contributed by atoms with Gasteiger partial charge in [-0.3, -0.25) is 10.1 Å². The molecule has 2 rings (SSSR count). The van der Waals surface area contributed by atoms with Crippen LogP contribution in [0.2, 0.25) is 0 Å². The molecule has 0 aliphatic rings. The maximum absolute atomic E-state index is 10.8. The average molecular weight is 291 g/mol. The zero-order valence-corrected chi connectivity index (χ0v) is 11.7. The van der Waals surface area contributed by atoms with Crippen LogP contribution in [0.4, 0.5) is 11.5 Å². The van der Waals surface area contributed by atoms with Gasteiger partial charge in [0.2, 0.25) is 0 Å². The number of fused-ring (bicyclic) bond motifs is 1. The van der Waals surface area contributed by atoms with Gasteiger partial charge in [-0.05, 0) is 6.07 Å². The maximum atomic E-state index is 10.8. The molecule has 0 aliphatic carbocycles. The minimum absolute atomic E-state index is 0.0265. The normalized spacial score (nSPS) is 10.7. The monoisotopic (exact) mass is 291 g/mol. The first-order valence-corrected chi connectivity index (χ1v) is 6.55. The van der Waals surface area contributed by atoms with Gasteiger partial charge in [0.05, 0.1) is 17.0 Å². The second-order valence-electron chi connectivity index (χ2n) is 4.35. The third kappa shape index (κ3) is 4.07. The third-order valence-electron chi connectivity index (χ3n) is 2.91. The van der Waals surface area contributed by atoms with Crippen LogP contribution in [-0.4, -0.2) is 48.2 Å². The molecular formula is C13H17N5O3. The first-order chi connectivity index (χ1) is 10.2. The van der Waals surface area contributed by atoms with E-state index in [1.807, 2.05) is 0 Å². The van der Waals surface area contributed by atoms with E-state index in [-0.39, 0.29) is 5.69 Å². The maximum Gasteiger partial charge on any atom is 0.270 e. The van der Waals surface area contributed by atoms with E-state index in [4.69, 9.17) is 4.74 Å². The number of nitrogens with one attached hydrogen (secondary N) is 2. The first kappa shape index (κ1) is 15.1. The molecule has 1 aromatic heterocycles. The van der Waals surface area contributed by atoms with Crippen molar-refractivity contribution in [2.24, 2.45) is 0 Å². The molecule has 112 valence electrons. The highest BCUT2D eigenvalue weighted by molar-refractivity contribution is 5.90. The second kappa shape index (κ2) is 7.46. The number of anilines is 1. The molecule has 8 nitrogen and oxygen atoms in total. The predicted octanol–water partition coefficient (Wildman–Crippen LogP) is 1.19. The number of aromatic nitrogens is 2. The van der Waals surface area contributed by atoms with E-state index in [0.29, 0.717) is 29.9 Å². The van der Waals surface area contributed by atoms with E-state index in [9.17, 15) is 10.1 Å². The molecule has 21 heavy (non-hydrogen) atoms. The van der Waals surface area contributed by atoms with Crippen molar-refractivity contribution in [1.82, 2.24) is 15.3 Å². The highest BCUT2D eigenvalue weighted by atomic mass is 16.6. The van der Waals surface area contributed by atoms with Crippen molar-refractivity contribution >= 4 is 22.4 Å². The Balaban J connectivity index is 2.05. The molecule has 2 aromatic rings. The van der Waals surface area contributed by atoms with Gasteiger partial charge in [0.1, 0.15) is 12.1 Å². The van der Waals surface area contributed by atoms with Crippen LogP contribution in [0.5, 0.6) is 0 Å². The highest BCUT2D eigenvalue weighted by Gasteiger charge is 2.10. The smallest absolute Gasteiger partial charge is 0.270 e. The average Bonchev–Trinajstić information content (AvgIpc) is 2.50. The van der Waals surface area contributed by atoms with Crippen LogP contribution in [0.15, 0.2) is 24.5 Å². The summed E-state index contributed by atoms with van der Waals surface area (Å²) in [5, 5.41) is 17.8. The number of rotatable bonds is 8. The largest absolute Gasteiger partial charge is 0.383 e. The molecule has 0 bridgehead atoms. The fraction of sp³-hybridized carbons (Fsp3) is 0.385. The summed E-state index contributed by atoms with van der Waals surface area (Å²) in [5.74, 6) is 0.595. The zero-order valence-electron chi connectivity index (χ0n) is 11.7. The Morgan fingerprint density at radius 2 is 2.14 bits per heavy atom. The summed E-state index contributed by atoms with van der Waals surface area (Å²) in [5.41, 5.74) is 0.698. The quantitative estimate of drug-likeness (QED) is 0.428. The van der Waals surface area contributed by atoms with Crippen LogP contribution < -0.4 is 10.6 Å². The lowest BCUT2D eigenvalue weighted by Crippen LogP contribution is -2.25. The molecule has 0 saturated heterocycles. The number of benzene rings is 1. The van der Waals surface area contributed by atoms with E-state index in [0.717, 1.165) is 13.1 Å². The molecule has 2 N–H and O–H groups in total. The Labute approximate surface area is 121 Å². The highest BCUT2D eigenvalue weighted by Crippen LogP contribution is 2.23. The van der Waals surface area contributed by atoms with Gasteiger partial charge in [0.15, 0.2) is 0 Å². The van der Waals surface area contributed by atoms with Crippen molar-refractivity contribution in [3.8, 4) is 0 Å². The van der Waals surface area contributed by atoms with Gasteiger partial charge < -0.3 is 15.4 Å². The second-order valence-corrected chi connectivity index (χ2v) is 4.35. The number of nitro benzene ring substituents is 1. The fourth-order valence-electron chi connectivity index (χ4n) is 1.87. The number of methoxy groups -OCH3 is 1. The number of hydrogen-bond acceptors (Lipinski definition) is 7. The molecule has 0 radical (unpaired) electrons. The standard InChI is InChI=1S/C13H17N5O3/c1-21-7-6-14-4-5-15-13-11-8-10(18(19)20)2-3-12(11)16-9-17-13/h2-3,8-9,14H,4-7H2,1H3,(H,15,16,17). The third-order valence-corrected chi connectivity index (χ3v) is 2.91. The van der Waals surface area contributed by atoms with Crippen LogP contribution in [-0.2, 0) is 4.74 Å². The molecule has 0 aliphatic heterocycles. The van der Waals surface area contributed by atoms with Gasteiger partial charge in [-0.15, -0.1) is 0 Å². The lowest BCUT2D eigenvalue weighted by molar-refractivity contribution is -0.384. The van der Waals surface area contributed by atoms with Crippen LogP contribution >= 0.6 is 0 Å². The van der Waals surface area contributed by atoms with Gasteiger partial charge in [0, 0.05) is 44.3 Å². The molecule has 0 saturated carbocycles. The SMILES string of the molecule is COCCNCCNc1ncnc2ccc([N+](=O)[O-])cc12. The van der Waals surface area contributed by atoms with Crippen LogP contribution in [0.25, 0.3) is 10.9 Å². The molecule has 8 heteroatoms. The number of hydrogen-bond donors (Lipinski definition) is 2. The van der Waals surface area contributed by atoms with Gasteiger partial charge in [0.25, 0.3) is 5.69 Å². The van der Waals surface area contributed by atoms with Gasteiger partial charge >= 0.3 is 0 Å². The molecule has 1 aromatic carbocycles. The molecule has 0 fully saturated rings. The minimum Gasteiger partial charge on any atom is -0.383 e. The lowest BCUT2D eigenvalue weighted by Gasteiger charge is -2.09. The molecule has 1 heterocycles. The number of ether oxygens (including phenoxy) is 1. The van der Waals surface area contributed by atoms with Gasteiger partial charge in [-0.1, -0.05) is 0 Å². The number of nitrogens with zero attached hydrogens (tertiary/aromatic N) is 3. The van der Waals surface area contributed by atoms with E-state index in [1.54, 1.807) is 13.2 Å². The molecule has 0 amide bonds. The van der Waals surface area contributed by atoms with E-state index in [1.165, 1.54) is 18.5 Å². The summed E-state index contributed by atoms with van der Waals surface area (Å²) in [4.78, 5) is 18.7. The molecule has 0 spiro atoms. The van der Waals surface area contributed by atoms with Gasteiger partial charge in [-0.25, -0.2) is 9.97 Å². The van der Waals surface area contributed by atoms with Crippen LogP contribution in [0.1, 0.15) is 0 Å². The molecular weight excluding hydrogens is 274 g/mol. The Bertz CT molecular complexity index is 620. The van der Waals surface area contributed by atoms with Gasteiger partial charge in [-0.2, -0.15) is 0 Å². The van der Waals surface area contributed by atoms with E-state index in [2.05, 4.69) is 20.6 Å². The predicted molar refractivity (Wildman–Crippen MR) is 79.4 cm³/mol. The van der Waals surface area contributed by atoms with Crippen LogP contribution in [0.3, 0.4) is 0 Å². The Morgan fingerprint density at radius 3 is 2.90 bits per heavy atom. The van der Waals surface area contributed by atoms with E-state index < -0.39 is 4.92 Å². The Kier molecular flexibility index (Phi) is 5.35. The fourth-order valence-corrected chi connectivity index (χ4v) is 1.87. The number of non-ortho nitro benzene ring substituents is 1.